The second-order valence-corrected chi connectivity index (χ2v) is 7.33. The predicted molar refractivity (Wildman–Crippen MR) is 85.4 cm³/mol. The van der Waals surface area contributed by atoms with Crippen LogP contribution in [0, 0.1) is 6.92 Å². The summed E-state index contributed by atoms with van der Waals surface area (Å²) in [5.41, 5.74) is 9.51. The maximum absolute atomic E-state index is 6.35. The van der Waals surface area contributed by atoms with Crippen LogP contribution in [0.3, 0.4) is 0 Å². The fraction of sp³-hybridized carbons (Fsp3) is 0.467. The molecular formula is C15H20ClN3S. The molecule has 0 amide bonds. The van der Waals surface area contributed by atoms with E-state index in [1.54, 1.807) is 0 Å². The fourth-order valence-electron chi connectivity index (χ4n) is 2.11. The highest BCUT2D eigenvalue weighted by molar-refractivity contribution is 7.05. The highest BCUT2D eigenvalue weighted by Crippen LogP contribution is 2.32. The number of aryl methyl sites for hydroxylation is 1. The third-order valence-corrected chi connectivity index (χ3v) is 4.42. The molecule has 1 atom stereocenters. The number of halogens is 1. The molecule has 0 radical (unpaired) electrons. The van der Waals surface area contributed by atoms with E-state index in [2.05, 4.69) is 36.4 Å². The van der Waals surface area contributed by atoms with Gasteiger partial charge in [-0.05, 0) is 42.1 Å². The summed E-state index contributed by atoms with van der Waals surface area (Å²) in [4.78, 5) is 1.05. The molecule has 1 aromatic carbocycles. The van der Waals surface area contributed by atoms with Crippen LogP contribution < -0.4 is 5.73 Å². The van der Waals surface area contributed by atoms with Crippen LogP contribution in [0.1, 0.15) is 48.5 Å². The van der Waals surface area contributed by atoms with Gasteiger partial charge in [0.2, 0.25) is 0 Å². The second kappa shape index (κ2) is 5.80. The number of hydrogen-bond donors (Lipinski definition) is 1. The minimum atomic E-state index is -0.121. The summed E-state index contributed by atoms with van der Waals surface area (Å²) in [6, 6.07) is 5.95. The van der Waals surface area contributed by atoms with Crippen molar-refractivity contribution in [3.05, 3.63) is 44.9 Å². The topological polar surface area (TPSA) is 51.8 Å². The van der Waals surface area contributed by atoms with Gasteiger partial charge in [-0.3, -0.25) is 0 Å². The van der Waals surface area contributed by atoms with Gasteiger partial charge in [0, 0.05) is 16.5 Å². The number of nitrogens with two attached hydrogens (primary N) is 1. The van der Waals surface area contributed by atoms with E-state index in [9.17, 15) is 0 Å². The third kappa shape index (κ3) is 3.37. The quantitative estimate of drug-likeness (QED) is 0.931. The first-order chi connectivity index (χ1) is 9.29. The van der Waals surface area contributed by atoms with Crippen molar-refractivity contribution in [1.29, 1.82) is 0 Å². The molecule has 2 aromatic rings. The zero-order valence-electron chi connectivity index (χ0n) is 12.3. The molecule has 1 aromatic heterocycles. The summed E-state index contributed by atoms with van der Waals surface area (Å²) in [5.74, 6) is 0. The molecule has 2 N–H and O–H groups in total. The molecule has 20 heavy (non-hydrogen) atoms. The van der Waals surface area contributed by atoms with Crippen LogP contribution in [0.25, 0.3) is 0 Å². The van der Waals surface area contributed by atoms with Crippen molar-refractivity contribution >= 4 is 23.1 Å². The van der Waals surface area contributed by atoms with Gasteiger partial charge in [-0.15, -0.1) is 5.10 Å². The minimum absolute atomic E-state index is 0.0446. The molecule has 0 fully saturated rings. The largest absolute Gasteiger partial charge is 0.323 e. The van der Waals surface area contributed by atoms with Gasteiger partial charge in [0.05, 0.1) is 10.6 Å². The molecule has 2 rings (SSSR count). The first kappa shape index (κ1) is 15.4. The molecule has 108 valence electrons. The predicted octanol–water partition coefficient (Wildman–Crippen LogP) is 4.04. The standard InChI is InChI=1S/C15H20ClN3S/c1-9-5-6-10(11(16)7-9)8-12(17)13-14(15(2,3)4)18-19-20-13/h5-7,12H,8,17H2,1-4H3. The molecule has 5 heteroatoms. The zero-order valence-corrected chi connectivity index (χ0v) is 13.8. The Morgan fingerprint density at radius 3 is 2.65 bits per heavy atom. The highest BCUT2D eigenvalue weighted by atomic mass is 35.5. The zero-order chi connectivity index (χ0) is 14.9. The summed E-state index contributed by atoms with van der Waals surface area (Å²) in [7, 11) is 0. The van der Waals surface area contributed by atoms with Crippen molar-refractivity contribution in [3.63, 3.8) is 0 Å². The lowest BCUT2D eigenvalue weighted by Gasteiger charge is -2.19. The van der Waals surface area contributed by atoms with Crippen molar-refractivity contribution in [3.8, 4) is 0 Å². The van der Waals surface area contributed by atoms with Crippen LogP contribution in [-0.4, -0.2) is 9.59 Å². The van der Waals surface area contributed by atoms with Crippen molar-refractivity contribution < 1.29 is 0 Å². The van der Waals surface area contributed by atoms with Crippen LogP contribution in [0.5, 0.6) is 0 Å². The average molecular weight is 310 g/mol. The van der Waals surface area contributed by atoms with Crippen LogP contribution >= 0.6 is 23.1 Å². The Morgan fingerprint density at radius 2 is 2.05 bits per heavy atom. The average Bonchev–Trinajstić information content (AvgIpc) is 2.81. The van der Waals surface area contributed by atoms with Crippen LogP contribution in [0.2, 0.25) is 5.02 Å². The van der Waals surface area contributed by atoms with E-state index in [1.807, 2.05) is 19.1 Å². The molecule has 0 aliphatic rings. The van der Waals surface area contributed by atoms with Crippen molar-refractivity contribution in [2.75, 3.05) is 0 Å². The van der Waals surface area contributed by atoms with E-state index in [0.29, 0.717) is 6.42 Å². The Bertz CT molecular complexity index is 601. The molecule has 0 saturated heterocycles. The van der Waals surface area contributed by atoms with E-state index in [0.717, 1.165) is 26.7 Å². The molecule has 1 unspecified atom stereocenters. The minimum Gasteiger partial charge on any atom is -0.323 e. The van der Waals surface area contributed by atoms with Crippen molar-refractivity contribution in [2.24, 2.45) is 5.73 Å². The molecular weight excluding hydrogens is 290 g/mol. The summed E-state index contributed by atoms with van der Waals surface area (Å²) in [5, 5.41) is 5.02. The number of hydrogen-bond acceptors (Lipinski definition) is 4. The summed E-state index contributed by atoms with van der Waals surface area (Å²) >= 11 is 7.66. The molecule has 0 aliphatic heterocycles. The highest BCUT2D eigenvalue weighted by Gasteiger charge is 2.25. The lowest BCUT2D eigenvalue weighted by Crippen LogP contribution is -2.20. The van der Waals surface area contributed by atoms with Gasteiger partial charge in [-0.1, -0.05) is 49.0 Å². The van der Waals surface area contributed by atoms with Crippen molar-refractivity contribution in [2.45, 2.75) is 45.6 Å². The van der Waals surface area contributed by atoms with Gasteiger partial charge in [-0.2, -0.15) is 0 Å². The third-order valence-electron chi connectivity index (χ3n) is 3.21. The summed E-state index contributed by atoms with van der Waals surface area (Å²) in [6.45, 7) is 8.40. The van der Waals surface area contributed by atoms with Gasteiger partial charge in [0.15, 0.2) is 0 Å². The monoisotopic (exact) mass is 309 g/mol. The molecule has 0 bridgehead atoms. The Hall–Kier alpha value is -0.970. The van der Waals surface area contributed by atoms with E-state index in [-0.39, 0.29) is 11.5 Å². The van der Waals surface area contributed by atoms with E-state index < -0.39 is 0 Å². The first-order valence-electron chi connectivity index (χ1n) is 6.62. The second-order valence-electron chi connectivity index (χ2n) is 6.14. The number of rotatable bonds is 3. The SMILES string of the molecule is Cc1ccc(CC(N)c2snnc2C(C)(C)C)c(Cl)c1. The molecule has 3 nitrogen and oxygen atoms in total. The smallest absolute Gasteiger partial charge is 0.0857 e. The molecule has 0 spiro atoms. The normalized spacial score (nSPS) is 13.5. The lowest BCUT2D eigenvalue weighted by molar-refractivity contribution is 0.550. The van der Waals surface area contributed by atoms with Crippen LogP contribution in [0.15, 0.2) is 18.2 Å². The number of benzene rings is 1. The lowest BCUT2D eigenvalue weighted by atomic mass is 9.89. The maximum Gasteiger partial charge on any atom is 0.0857 e. The van der Waals surface area contributed by atoms with Gasteiger partial charge in [-0.25, -0.2) is 0 Å². The first-order valence-corrected chi connectivity index (χ1v) is 7.77. The molecule has 0 saturated carbocycles. The van der Waals surface area contributed by atoms with E-state index in [1.165, 1.54) is 11.5 Å². The van der Waals surface area contributed by atoms with Crippen molar-refractivity contribution in [1.82, 2.24) is 9.59 Å². The van der Waals surface area contributed by atoms with Crippen LogP contribution in [-0.2, 0) is 11.8 Å². The Morgan fingerprint density at radius 1 is 1.35 bits per heavy atom. The van der Waals surface area contributed by atoms with E-state index in [4.69, 9.17) is 17.3 Å². The van der Waals surface area contributed by atoms with Crippen LogP contribution in [0.4, 0.5) is 0 Å². The van der Waals surface area contributed by atoms with Gasteiger partial charge >= 0.3 is 0 Å². The van der Waals surface area contributed by atoms with Gasteiger partial charge in [0.1, 0.15) is 0 Å². The maximum atomic E-state index is 6.35. The Balaban J connectivity index is 2.25. The van der Waals surface area contributed by atoms with Gasteiger partial charge in [0.25, 0.3) is 0 Å². The van der Waals surface area contributed by atoms with Gasteiger partial charge < -0.3 is 5.73 Å². The summed E-state index contributed by atoms with van der Waals surface area (Å²) < 4.78 is 4.07. The number of aromatic nitrogens is 2. The Labute approximate surface area is 129 Å². The van der Waals surface area contributed by atoms with E-state index >= 15 is 0 Å². The fourth-order valence-corrected chi connectivity index (χ4v) is 3.28. The molecule has 0 aliphatic carbocycles. The Kier molecular flexibility index (Phi) is 4.47. The molecule has 1 heterocycles. The number of nitrogens with zero attached hydrogens (tertiary/aromatic N) is 2. The summed E-state index contributed by atoms with van der Waals surface area (Å²) in [6.07, 6.45) is 0.700.